The van der Waals surface area contributed by atoms with Crippen molar-refractivity contribution in [2.45, 2.75) is 69.5 Å². The summed E-state index contributed by atoms with van der Waals surface area (Å²) in [5, 5.41) is 91.0. The van der Waals surface area contributed by atoms with Crippen LogP contribution in [0.3, 0.4) is 0 Å². The van der Waals surface area contributed by atoms with Gasteiger partial charge in [-0.15, -0.1) is 0 Å². The molecule has 0 aliphatic carbocycles. The summed E-state index contributed by atoms with van der Waals surface area (Å²) in [5.41, 5.74) is -7.01. The van der Waals surface area contributed by atoms with Crippen LogP contribution in [-0.2, 0) is 14.3 Å². The van der Waals surface area contributed by atoms with Gasteiger partial charge in [-0.1, -0.05) is 0 Å². The summed E-state index contributed by atoms with van der Waals surface area (Å²) in [6.07, 6.45) is -2.08. The number of hydrogen-bond donors (Lipinski definition) is 9. The molecule has 0 bridgehead atoms. The van der Waals surface area contributed by atoms with E-state index in [2.05, 4.69) is 0 Å². The normalized spacial score (nSPS) is 14.6. The standard InChI is InChI=1S/C24H48O12/c1-2-35-20(33)22(5-12-27,19-21(34,3-10-25)4-11-26)23(6-13-28,7-14-29)24(8-15-30,9-16-31)36-18-17-32/h25-32,34H,2-19H2,1H3. The third-order valence-corrected chi connectivity index (χ3v) is 7.36. The lowest BCUT2D eigenvalue weighted by atomic mass is 9.47. The average molecular weight is 529 g/mol. The molecule has 0 aromatic heterocycles. The van der Waals surface area contributed by atoms with Crippen molar-refractivity contribution in [3.63, 3.8) is 0 Å². The second kappa shape index (κ2) is 17.6. The molecule has 216 valence electrons. The summed E-state index contributed by atoms with van der Waals surface area (Å²) in [6, 6.07) is 0. The lowest BCUT2D eigenvalue weighted by Crippen LogP contribution is -2.66. The predicted octanol–water partition coefficient (Wildman–Crippen LogP) is -1.93. The molecule has 9 N–H and O–H groups in total. The molecule has 0 heterocycles. The molecule has 0 saturated heterocycles. The Balaban J connectivity index is 7.72. The van der Waals surface area contributed by atoms with E-state index in [-0.39, 0.29) is 58.2 Å². The smallest absolute Gasteiger partial charge is 0.312 e. The highest BCUT2D eigenvalue weighted by molar-refractivity contribution is 5.78. The van der Waals surface area contributed by atoms with Gasteiger partial charge in [-0.25, -0.2) is 0 Å². The zero-order valence-electron chi connectivity index (χ0n) is 21.5. The number of ether oxygens (including phenoxy) is 2. The topological polar surface area (TPSA) is 218 Å². The lowest BCUT2D eigenvalue weighted by molar-refractivity contribution is -0.243. The first-order chi connectivity index (χ1) is 17.2. The van der Waals surface area contributed by atoms with Crippen LogP contribution in [-0.4, -0.2) is 129 Å². The Hall–Kier alpha value is -0.930. The van der Waals surface area contributed by atoms with Crippen molar-refractivity contribution in [1.29, 1.82) is 0 Å². The molecular weight excluding hydrogens is 480 g/mol. The number of aliphatic hydroxyl groups is 9. The molecule has 0 rings (SSSR count). The van der Waals surface area contributed by atoms with Crippen LogP contribution in [0.15, 0.2) is 0 Å². The highest BCUT2D eigenvalue weighted by Gasteiger charge is 2.67. The molecule has 0 fully saturated rings. The molecule has 0 saturated carbocycles. The van der Waals surface area contributed by atoms with Crippen molar-refractivity contribution in [1.82, 2.24) is 0 Å². The van der Waals surface area contributed by atoms with E-state index in [4.69, 9.17) is 9.47 Å². The molecule has 0 aromatic carbocycles. The molecule has 0 spiro atoms. The van der Waals surface area contributed by atoms with Crippen molar-refractivity contribution < 1.29 is 60.2 Å². The third-order valence-electron chi connectivity index (χ3n) is 7.36. The van der Waals surface area contributed by atoms with E-state index >= 15 is 0 Å². The van der Waals surface area contributed by atoms with Crippen LogP contribution in [0.5, 0.6) is 0 Å². The van der Waals surface area contributed by atoms with Gasteiger partial charge in [-0.3, -0.25) is 4.79 Å². The van der Waals surface area contributed by atoms with E-state index < -0.39 is 87.3 Å². The molecule has 1 atom stereocenters. The quantitative estimate of drug-likeness (QED) is 0.0662. The van der Waals surface area contributed by atoms with Gasteiger partial charge in [0.15, 0.2) is 0 Å². The molecule has 12 heteroatoms. The second-order valence-corrected chi connectivity index (χ2v) is 9.17. The van der Waals surface area contributed by atoms with E-state index in [1.165, 1.54) is 0 Å². The SMILES string of the molecule is CCOC(=O)C(CCO)(CC(O)(CCO)CCO)C(CCO)(CCO)C(CCO)(CCO)OCCO. The van der Waals surface area contributed by atoms with Crippen molar-refractivity contribution in [3.8, 4) is 0 Å². The van der Waals surface area contributed by atoms with E-state index in [1.807, 2.05) is 0 Å². The number of esters is 1. The largest absolute Gasteiger partial charge is 0.466 e. The molecule has 0 amide bonds. The third kappa shape index (κ3) is 8.03. The van der Waals surface area contributed by atoms with Crippen LogP contribution in [0.25, 0.3) is 0 Å². The maximum absolute atomic E-state index is 13.9. The lowest BCUT2D eigenvalue weighted by Gasteiger charge is -2.60. The van der Waals surface area contributed by atoms with Gasteiger partial charge in [0, 0.05) is 64.5 Å². The van der Waals surface area contributed by atoms with Gasteiger partial charge in [0.2, 0.25) is 0 Å². The predicted molar refractivity (Wildman–Crippen MR) is 129 cm³/mol. The summed E-state index contributed by atoms with van der Waals surface area (Å²) in [5.74, 6) is -0.872. The Morgan fingerprint density at radius 3 is 1.44 bits per heavy atom. The van der Waals surface area contributed by atoms with Gasteiger partial charge in [0.05, 0.1) is 36.4 Å². The van der Waals surface area contributed by atoms with Gasteiger partial charge in [-0.2, -0.15) is 0 Å². The van der Waals surface area contributed by atoms with Crippen LogP contribution in [0.2, 0.25) is 0 Å². The van der Waals surface area contributed by atoms with Crippen molar-refractivity contribution in [2.75, 3.05) is 66.1 Å². The van der Waals surface area contributed by atoms with Gasteiger partial charge in [-0.05, 0) is 45.4 Å². The van der Waals surface area contributed by atoms with Gasteiger partial charge < -0.3 is 55.4 Å². The zero-order chi connectivity index (χ0) is 27.7. The summed E-state index contributed by atoms with van der Waals surface area (Å²) in [7, 11) is 0. The minimum Gasteiger partial charge on any atom is -0.466 e. The highest BCUT2D eigenvalue weighted by atomic mass is 16.5. The minimum absolute atomic E-state index is 0.0801. The van der Waals surface area contributed by atoms with Gasteiger partial charge >= 0.3 is 5.97 Å². The first-order valence-corrected chi connectivity index (χ1v) is 12.6. The second-order valence-electron chi connectivity index (χ2n) is 9.17. The first kappa shape index (κ1) is 35.1. The number of hydrogen-bond acceptors (Lipinski definition) is 12. The van der Waals surface area contributed by atoms with Crippen LogP contribution >= 0.6 is 0 Å². The van der Waals surface area contributed by atoms with Crippen LogP contribution in [0.4, 0.5) is 0 Å². The molecule has 0 radical (unpaired) electrons. The van der Waals surface area contributed by atoms with E-state index in [1.54, 1.807) is 6.92 Å². The van der Waals surface area contributed by atoms with E-state index in [0.717, 1.165) is 0 Å². The Kier molecular flexibility index (Phi) is 17.1. The Bertz CT molecular complexity index is 569. The summed E-state index contributed by atoms with van der Waals surface area (Å²) < 4.78 is 11.5. The molecule has 1 unspecified atom stereocenters. The van der Waals surface area contributed by atoms with Gasteiger partial charge in [0.1, 0.15) is 0 Å². The molecular formula is C24H48O12. The minimum atomic E-state index is -1.89. The fourth-order valence-corrected chi connectivity index (χ4v) is 5.97. The number of carbonyl (C=O) groups excluding carboxylic acids is 1. The zero-order valence-corrected chi connectivity index (χ0v) is 21.5. The van der Waals surface area contributed by atoms with Crippen LogP contribution in [0.1, 0.15) is 58.3 Å². The summed E-state index contributed by atoms with van der Waals surface area (Å²) in [6.45, 7) is -2.83. The number of rotatable bonds is 23. The van der Waals surface area contributed by atoms with Crippen molar-refractivity contribution in [2.24, 2.45) is 10.8 Å². The van der Waals surface area contributed by atoms with Crippen molar-refractivity contribution in [3.05, 3.63) is 0 Å². The van der Waals surface area contributed by atoms with Crippen LogP contribution < -0.4 is 0 Å². The summed E-state index contributed by atoms with van der Waals surface area (Å²) in [4.78, 5) is 13.9. The molecule has 12 nitrogen and oxygen atoms in total. The monoisotopic (exact) mass is 528 g/mol. The van der Waals surface area contributed by atoms with Crippen LogP contribution in [0, 0.1) is 10.8 Å². The molecule has 0 aliphatic rings. The summed E-state index contributed by atoms with van der Waals surface area (Å²) >= 11 is 0. The molecule has 0 aliphatic heterocycles. The Labute approximate surface area is 213 Å². The number of carbonyl (C=O) groups is 1. The Morgan fingerprint density at radius 1 is 0.639 bits per heavy atom. The van der Waals surface area contributed by atoms with Gasteiger partial charge in [0.25, 0.3) is 0 Å². The van der Waals surface area contributed by atoms with E-state index in [9.17, 15) is 50.8 Å². The Morgan fingerprint density at radius 2 is 1.08 bits per heavy atom. The maximum atomic E-state index is 13.9. The molecule has 36 heavy (non-hydrogen) atoms. The maximum Gasteiger partial charge on any atom is 0.312 e. The fourth-order valence-electron chi connectivity index (χ4n) is 5.97. The first-order valence-electron chi connectivity index (χ1n) is 12.6. The van der Waals surface area contributed by atoms with Crippen molar-refractivity contribution >= 4 is 5.97 Å². The average Bonchev–Trinajstić information content (AvgIpc) is 2.82. The highest BCUT2D eigenvalue weighted by Crippen LogP contribution is 2.62. The fraction of sp³-hybridized carbons (Fsp3) is 0.958. The van der Waals surface area contributed by atoms with E-state index in [0.29, 0.717) is 0 Å². The molecule has 0 aromatic rings. The number of aliphatic hydroxyl groups excluding tert-OH is 8.